The Labute approximate surface area is 155 Å². The van der Waals surface area contributed by atoms with E-state index in [1.165, 1.54) is 0 Å². The van der Waals surface area contributed by atoms with Gasteiger partial charge < -0.3 is 15.7 Å². The first kappa shape index (κ1) is 16.7. The lowest BCUT2D eigenvalue weighted by Gasteiger charge is -2.36. The van der Waals surface area contributed by atoms with E-state index in [2.05, 4.69) is 25.6 Å². The van der Waals surface area contributed by atoms with Gasteiger partial charge in [-0.1, -0.05) is 6.07 Å². The molecule has 1 aliphatic heterocycles. The number of hydrogen-bond donors (Lipinski definition) is 3. The summed E-state index contributed by atoms with van der Waals surface area (Å²) in [7, 11) is 0. The number of aryl methyl sites for hydroxylation is 1. The van der Waals surface area contributed by atoms with Crippen molar-refractivity contribution in [3.63, 3.8) is 0 Å². The van der Waals surface area contributed by atoms with Gasteiger partial charge in [0.05, 0.1) is 28.4 Å². The van der Waals surface area contributed by atoms with Crippen molar-refractivity contribution in [3.05, 3.63) is 59.4 Å². The summed E-state index contributed by atoms with van der Waals surface area (Å²) in [6.45, 7) is 4.04. The number of anilines is 2. The smallest absolute Gasteiger partial charge is 0.139 e. The highest BCUT2D eigenvalue weighted by molar-refractivity contribution is 7.16. The molecule has 0 fully saturated rings. The molecule has 132 valence electrons. The van der Waals surface area contributed by atoms with Crippen LogP contribution in [0.25, 0.3) is 16.3 Å². The Hall–Kier alpha value is -2.77. The van der Waals surface area contributed by atoms with Gasteiger partial charge in [-0.2, -0.15) is 0 Å². The molecule has 6 nitrogen and oxygen atoms in total. The number of nitrogens with one attached hydrogen (secondary N) is 2. The van der Waals surface area contributed by atoms with Crippen LogP contribution in [-0.4, -0.2) is 32.2 Å². The molecule has 1 aliphatic rings. The van der Waals surface area contributed by atoms with E-state index in [1.807, 2.05) is 56.5 Å². The van der Waals surface area contributed by atoms with Crippen LogP contribution < -0.4 is 10.6 Å². The van der Waals surface area contributed by atoms with Gasteiger partial charge in [-0.05, 0) is 49.8 Å². The minimum atomic E-state index is -0.343. The summed E-state index contributed by atoms with van der Waals surface area (Å²) in [5.74, 6) is 1.51. The van der Waals surface area contributed by atoms with Gasteiger partial charge in [-0.15, -0.1) is 11.3 Å². The van der Waals surface area contributed by atoms with Crippen molar-refractivity contribution in [1.29, 1.82) is 0 Å². The van der Waals surface area contributed by atoms with Gasteiger partial charge in [-0.25, -0.2) is 15.0 Å². The van der Waals surface area contributed by atoms with Crippen molar-refractivity contribution < 1.29 is 5.11 Å². The van der Waals surface area contributed by atoms with Crippen LogP contribution in [0.1, 0.15) is 17.5 Å². The fourth-order valence-electron chi connectivity index (χ4n) is 2.72. The van der Waals surface area contributed by atoms with Crippen LogP contribution in [-0.2, 0) is 0 Å². The normalized spacial score (nSPS) is 18.7. The van der Waals surface area contributed by atoms with Crippen LogP contribution >= 0.6 is 11.3 Å². The largest absolute Gasteiger partial charge is 0.394 e. The first-order valence-corrected chi connectivity index (χ1v) is 9.11. The predicted octanol–water partition coefficient (Wildman–Crippen LogP) is 3.35. The minimum absolute atomic E-state index is 0.0665. The average molecular weight is 365 g/mol. The van der Waals surface area contributed by atoms with Gasteiger partial charge >= 0.3 is 0 Å². The Balaban J connectivity index is 1.55. The first-order valence-electron chi connectivity index (χ1n) is 8.30. The summed E-state index contributed by atoms with van der Waals surface area (Å²) in [6.07, 6.45) is 5.61. The molecule has 7 heteroatoms. The van der Waals surface area contributed by atoms with Crippen molar-refractivity contribution in [2.45, 2.75) is 19.4 Å². The highest BCUT2D eigenvalue weighted by Gasteiger charge is 2.32. The molecule has 0 aliphatic carbocycles. The van der Waals surface area contributed by atoms with Crippen molar-refractivity contribution >= 4 is 28.7 Å². The third kappa shape index (κ3) is 3.31. The zero-order chi connectivity index (χ0) is 18.1. The third-order valence-corrected chi connectivity index (χ3v) is 5.17. The van der Waals surface area contributed by atoms with Gasteiger partial charge in [0.1, 0.15) is 16.6 Å². The fraction of sp³-hybridized carbons (Fsp3) is 0.211. The summed E-state index contributed by atoms with van der Waals surface area (Å²) in [4.78, 5) is 14.4. The standard InChI is InChI=1S/C19H19N5OS/c1-12-6-7-20-17(8-12)23-16-5-3-4-13(22-16)15-10-21-18(26-15)14-9-19(2,11-25)24-14/h3-10,24-25H,11H2,1-2H3,(H,20,22,23). The highest BCUT2D eigenvalue weighted by atomic mass is 32.1. The molecule has 3 aromatic heterocycles. The maximum atomic E-state index is 9.32. The number of rotatable bonds is 5. The van der Waals surface area contributed by atoms with Crippen LogP contribution in [0.15, 0.2) is 48.8 Å². The van der Waals surface area contributed by atoms with E-state index in [0.29, 0.717) is 0 Å². The number of aliphatic hydroxyl groups is 1. The molecule has 1 unspecified atom stereocenters. The van der Waals surface area contributed by atoms with Gasteiger partial charge in [0, 0.05) is 12.4 Å². The van der Waals surface area contributed by atoms with Gasteiger partial charge in [0.15, 0.2) is 0 Å². The van der Waals surface area contributed by atoms with E-state index >= 15 is 0 Å². The molecule has 0 spiro atoms. The zero-order valence-corrected chi connectivity index (χ0v) is 15.3. The molecular weight excluding hydrogens is 346 g/mol. The summed E-state index contributed by atoms with van der Waals surface area (Å²) in [6, 6.07) is 9.78. The molecule has 0 saturated heterocycles. The summed E-state index contributed by atoms with van der Waals surface area (Å²) in [5, 5.41) is 16.7. The maximum Gasteiger partial charge on any atom is 0.139 e. The van der Waals surface area contributed by atoms with E-state index in [1.54, 1.807) is 17.5 Å². The molecule has 4 rings (SSSR count). The Bertz CT molecular complexity index is 983. The van der Waals surface area contributed by atoms with E-state index in [0.717, 1.165) is 38.5 Å². The van der Waals surface area contributed by atoms with Crippen LogP contribution in [0.3, 0.4) is 0 Å². The summed E-state index contributed by atoms with van der Waals surface area (Å²) < 4.78 is 0. The third-order valence-electron chi connectivity index (χ3n) is 4.12. The summed E-state index contributed by atoms with van der Waals surface area (Å²) in [5.41, 5.74) is 2.61. The van der Waals surface area contributed by atoms with Crippen LogP contribution in [0.4, 0.5) is 11.6 Å². The van der Waals surface area contributed by atoms with Crippen molar-refractivity contribution in [2.24, 2.45) is 0 Å². The van der Waals surface area contributed by atoms with E-state index in [4.69, 9.17) is 0 Å². The molecular formula is C19H19N5OS. The Kier molecular flexibility index (Phi) is 4.18. The number of hydrogen-bond acceptors (Lipinski definition) is 7. The number of pyridine rings is 2. The van der Waals surface area contributed by atoms with Gasteiger partial charge in [0.2, 0.25) is 0 Å². The van der Waals surface area contributed by atoms with Crippen LogP contribution in [0, 0.1) is 6.92 Å². The second kappa shape index (κ2) is 6.51. The van der Waals surface area contributed by atoms with Crippen LogP contribution in [0.5, 0.6) is 0 Å². The van der Waals surface area contributed by atoms with Crippen molar-refractivity contribution in [2.75, 3.05) is 11.9 Å². The molecule has 3 N–H and O–H groups in total. The zero-order valence-electron chi connectivity index (χ0n) is 14.5. The van der Waals surface area contributed by atoms with Crippen molar-refractivity contribution in [3.8, 4) is 10.6 Å². The van der Waals surface area contributed by atoms with Gasteiger partial charge in [0.25, 0.3) is 0 Å². The number of thiazole rings is 1. The number of aromatic nitrogens is 3. The molecule has 4 heterocycles. The number of aliphatic hydroxyl groups excluding tert-OH is 1. The molecule has 0 saturated carbocycles. The molecule has 0 aromatic carbocycles. The fourth-order valence-corrected chi connectivity index (χ4v) is 3.57. The van der Waals surface area contributed by atoms with E-state index in [-0.39, 0.29) is 12.1 Å². The SMILES string of the molecule is Cc1ccnc(Nc2cccc(-c3cnc(C4=CC(C)(CO)N4)s3)n2)c1. The molecule has 0 bridgehead atoms. The molecule has 3 aromatic rings. The molecule has 0 amide bonds. The van der Waals surface area contributed by atoms with E-state index in [9.17, 15) is 5.11 Å². The Morgan fingerprint density at radius 3 is 2.85 bits per heavy atom. The van der Waals surface area contributed by atoms with Crippen LogP contribution in [0.2, 0.25) is 0 Å². The lowest BCUT2D eigenvalue weighted by atomic mass is 9.94. The molecule has 26 heavy (non-hydrogen) atoms. The first-order chi connectivity index (χ1) is 12.5. The lowest BCUT2D eigenvalue weighted by molar-refractivity contribution is 0.212. The quantitative estimate of drug-likeness (QED) is 0.643. The topological polar surface area (TPSA) is 83.0 Å². The minimum Gasteiger partial charge on any atom is -0.394 e. The second-order valence-electron chi connectivity index (χ2n) is 6.54. The number of nitrogens with zero attached hydrogens (tertiary/aromatic N) is 3. The Morgan fingerprint density at radius 1 is 1.23 bits per heavy atom. The lowest BCUT2D eigenvalue weighted by Crippen LogP contribution is -2.50. The predicted molar refractivity (Wildman–Crippen MR) is 104 cm³/mol. The summed E-state index contributed by atoms with van der Waals surface area (Å²) >= 11 is 1.57. The molecule has 1 atom stereocenters. The maximum absolute atomic E-state index is 9.32. The monoisotopic (exact) mass is 365 g/mol. The Morgan fingerprint density at radius 2 is 2.08 bits per heavy atom. The second-order valence-corrected chi connectivity index (χ2v) is 7.57. The highest BCUT2D eigenvalue weighted by Crippen LogP contribution is 2.33. The average Bonchev–Trinajstić information content (AvgIpc) is 3.09. The van der Waals surface area contributed by atoms with E-state index < -0.39 is 0 Å². The molecule has 0 radical (unpaired) electrons. The van der Waals surface area contributed by atoms with Crippen molar-refractivity contribution in [1.82, 2.24) is 20.3 Å². The van der Waals surface area contributed by atoms with Gasteiger partial charge in [-0.3, -0.25) is 0 Å².